The van der Waals surface area contributed by atoms with Gasteiger partial charge in [0.05, 0.1) is 68.3 Å². The van der Waals surface area contributed by atoms with Gasteiger partial charge < -0.3 is 45.8 Å². The van der Waals surface area contributed by atoms with Crippen LogP contribution in [0, 0.1) is 18.3 Å². The number of pyridine rings is 1. The summed E-state index contributed by atoms with van der Waals surface area (Å²) >= 11 is 1.28. The summed E-state index contributed by atoms with van der Waals surface area (Å²) in [5.74, 6) is -9.06. The fraction of sp³-hybridized carbons (Fsp3) is 0.600. The number of carboxylic acids is 3. The summed E-state index contributed by atoms with van der Waals surface area (Å²) in [7, 11) is 0. The van der Waals surface area contributed by atoms with Gasteiger partial charge in [0, 0.05) is 128 Å². The molecular weight excluding hydrogens is 1260 g/mol. The molecule has 30 heteroatoms. The van der Waals surface area contributed by atoms with Crippen molar-refractivity contribution in [2.45, 2.75) is 100 Å². The quantitative estimate of drug-likeness (QED) is 0.0374. The molecule has 27 nitrogen and oxygen atoms in total. The average Bonchev–Trinajstić information content (AvgIpc) is 1.58. The van der Waals surface area contributed by atoms with E-state index in [9.17, 15) is 77.3 Å². The lowest BCUT2D eigenvalue weighted by atomic mass is 10.1. The number of carbonyl (C=O) groups excluding carboxylic acids is 7. The molecule has 0 aliphatic carbocycles. The topological polar surface area (TPSA) is 339 Å². The summed E-state index contributed by atoms with van der Waals surface area (Å²) in [6.45, 7) is 4.49. The number of aryl methyl sites for hydroxylation is 2. The normalized spacial score (nSPS) is 19.2. The monoisotopic (exact) mass is 1350 g/mol. The summed E-state index contributed by atoms with van der Waals surface area (Å²) in [6.07, 6.45) is 6.53. The van der Waals surface area contributed by atoms with Crippen molar-refractivity contribution in [3.8, 4) is 11.8 Å². The van der Waals surface area contributed by atoms with Crippen molar-refractivity contribution in [2.24, 2.45) is 0 Å². The summed E-state index contributed by atoms with van der Waals surface area (Å²) < 4.78 is 33.9. The zero-order valence-electron chi connectivity index (χ0n) is 53.9. The minimum atomic E-state index is -3.19. The van der Waals surface area contributed by atoms with Crippen LogP contribution in [-0.4, -0.2) is 292 Å². The fourth-order valence-electron chi connectivity index (χ4n) is 11.9. The van der Waals surface area contributed by atoms with E-state index in [1.807, 2.05) is 11.8 Å². The highest BCUT2D eigenvalue weighted by atomic mass is 32.2. The van der Waals surface area contributed by atoms with E-state index in [1.165, 1.54) is 35.2 Å². The fourth-order valence-corrected chi connectivity index (χ4v) is 13.3. The number of halogens is 2. The molecule has 0 bridgehead atoms. The molecule has 7 amide bonds. The smallest absolute Gasteiger partial charge is 0.317 e. The number of ether oxygens (including phenoxy) is 1. The Balaban J connectivity index is 0.868. The van der Waals surface area contributed by atoms with Gasteiger partial charge in [-0.1, -0.05) is 42.7 Å². The molecule has 6 N–H and O–H groups in total. The van der Waals surface area contributed by atoms with Gasteiger partial charge in [0.15, 0.2) is 0 Å². The van der Waals surface area contributed by atoms with Gasteiger partial charge in [-0.15, -0.1) is 11.8 Å². The number of imide groups is 1. The first-order chi connectivity index (χ1) is 45.5. The van der Waals surface area contributed by atoms with Crippen LogP contribution < -0.4 is 20.7 Å². The number of alkyl halides is 2. The number of nitrogens with one attached hydrogen (secondary N) is 3. The third kappa shape index (κ3) is 25.0. The van der Waals surface area contributed by atoms with Gasteiger partial charge in [0.2, 0.25) is 35.4 Å². The Labute approximate surface area is 555 Å². The van der Waals surface area contributed by atoms with E-state index < -0.39 is 84.8 Å². The minimum Gasteiger partial charge on any atom is -0.494 e. The zero-order valence-corrected chi connectivity index (χ0v) is 54.8. The maximum Gasteiger partial charge on any atom is 0.317 e. The molecule has 7 rings (SSSR count). The largest absolute Gasteiger partial charge is 0.494 e. The van der Waals surface area contributed by atoms with Gasteiger partial charge in [0.1, 0.15) is 18.3 Å². The first kappa shape index (κ1) is 74.4. The summed E-state index contributed by atoms with van der Waals surface area (Å²) in [5, 5.41) is 46.0. The van der Waals surface area contributed by atoms with E-state index in [0.717, 1.165) is 35.5 Å². The average molecular weight is 1350 g/mol. The number of amides is 7. The second kappa shape index (κ2) is 37.4. The second-order valence-corrected chi connectivity index (χ2v) is 26.1. The van der Waals surface area contributed by atoms with Gasteiger partial charge in [-0.2, -0.15) is 5.26 Å². The third-order valence-corrected chi connectivity index (χ3v) is 18.7. The van der Waals surface area contributed by atoms with Crippen molar-refractivity contribution in [3.63, 3.8) is 0 Å². The highest BCUT2D eigenvalue weighted by Crippen LogP contribution is 2.33. The number of likely N-dealkylation sites (tertiary alicyclic amines) is 2. The molecule has 95 heavy (non-hydrogen) atoms. The lowest BCUT2D eigenvalue weighted by Gasteiger charge is -2.35. The molecule has 3 aromatic rings. The second-order valence-electron chi connectivity index (χ2n) is 24.6. The number of carbonyl (C=O) groups is 10. The number of aromatic nitrogens is 1. The van der Waals surface area contributed by atoms with Crippen LogP contribution in [0.1, 0.15) is 85.7 Å². The van der Waals surface area contributed by atoms with E-state index in [-0.39, 0.29) is 120 Å². The molecule has 1 aromatic heterocycles. The Hall–Kier alpha value is -7.95. The number of nitriles is 1. The van der Waals surface area contributed by atoms with Gasteiger partial charge in [-0.25, -0.2) is 8.78 Å². The number of rotatable bonds is 33. The minimum absolute atomic E-state index is 0.0293. The molecule has 5 heterocycles. The van der Waals surface area contributed by atoms with Gasteiger partial charge in [0.25, 0.3) is 11.8 Å². The number of fused-ring (bicyclic) bond motifs is 1. The highest BCUT2D eigenvalue weighted by Gasteiger charge is 2.47. The van der Waals surface area contributed by atoms with Crippen molar-refractivity contribution in [1.29, 1.82) is 5.26 Å². The Morgan fingerprint density at radius 2 is 1.33 bits per heavy atom. The van der Waals surface area contributed by atoms with Crippen LogP contribution in [0.25, 0.3) is 10.9 Å². The molecule has 3 atom stereocenters. The molecular formula is C65H89F2N13O14S. The van der Waals surface area contributed by atoms with E-state index in [2.05, 4.69) is 50.1 Å². The molecule has 0 spiro atoms. The van der Waals surface area contributed by atoms with Gasteiger partial charge in [-0.05, 0) is 81.8 Å². The molecule has 4 saturated heterocycles. The van der Waals surface area contributed by atoms with Crippen molar-refractivity contribution >= 4 is 81.9 Å². The number of carboxylic acid groups (broad SMARTS) is 3. The standard InChI is InChI=1S/C65H89F2N13O14S/c1-46-11-13-47(14-12-46)8-7-10-55(81)70-18-4-2-3-9-50(38-71-56(82)40-74-21-23-75(42-60(86)87)25-27-77(44-62(90)91)28-26-76(24-22-74)43-61(88)89)95-54-35-57(83)79(64(54)93)41-59(85)78-31-29-73(30-32-78)20-5-6-33-94-49-15-16-53-52(34-49)51(17-19-69-53)63(92)72-39-58(84)80-45-65(66,67)36-48(80)37-68/h11-17,19,34,48,50,54H,2-10,18,20-33,35-36,38-45H2,1H3,(H,70,81)(H,71,82)(H,72,92)(H,86,87)(H,88,89)(H,90,91)/t48-,50?,54?/m1/s1. The molecule has 0 radical (unpaired) electrons. The Morgan fingerprint density at radius 1 is 0.705 bits per heavy atom. The molecule has 2 aromatic carbocycles. The molecule has 4 aliphatic heterocycles. The van der Waals surface area contributed by atoms with Crippen molar-refractivity contribution < 1.29 is 76.8 Å². The van der Waals surface area contributed by atoms with Crippen LogP contribution in [0.5, 0.6) is 5.75 Å². The lowest BCUT2D eigenvalue weighted by molar-refractivity contribution is -0.146. The molecule has 4 fully saturated rings. The highest BCUT2D eigenvalue weighted by molar-refractivity contribution is 8.01. The Kier molecular flexibility index (Phi) is 29.3. The first-order valence-corrected chi connectivity index (χ1v) is 33.5. The van der Waals surface area contributed by atoms with Crippen LogP contribution in [0.15, 0.2) is 54.7 Å². The first-order valence-electron chi connectivity index (χ1n) is 32.5. The van der Waals surface area contributed by atoms with E-state index in [4.69, 9.17) is 4.74 Å². The van der Waals surface area contributed by atoms with Crippen LogP contribution in [-0.2, 0) is 49.6 Å². The third-order valence-electron chi connectivity index (χ3n) is 17.2. The number of thioether (sulfide) groups is 1. The number of aliphatic carboxylic acids is 3. The van der Waals surface area contributed by atoms with Crippen molar-refractivity contribution in [1.82, 2.24) is 60.1 Å². The summed E-state index contributed by atoms with van der Waals surface area (Å²) in [4.78, 5) is 146. The number of nitrogens with zero attached hydrogens (tertiary/aromatic N) is 10. The predicted molar refractivity (Wildman–Crippen MR) is 346 cm³/mol. The zero-order chi connectivity index (χ0) is 68.4. The number of piperazine rings is 1. The maximum absolute atomic E-state index is 14.1. The van der Waals surface area contributed by atoms with E-state index in [0.29, 0.717) is 94.6 Å². The number of hydrogen-bond acceptors (Lipinski definition) is 19. The van der Waals surface area contributed by atoms with Gasteiger partial charge >= 0.3 is 17.9 Å². The van der Waals surface area contributed by atoms with Crippen molar-refractivity contribution in [3.05, 3.63) is 71.4 Å². The Bertz CT molecular complexity index is 3160. The van der Waals surface area contributed by atoms with E-state index in [1.54, 1.807) is 43.9 Å². The molecule has 2 unspecified atom stereocenters. The maximum atomic E-state index is 14.1. The number of unbranched alkanes of at least 4 members (excludes halogenated alkanes) is 3. The van der Waals surface area contributed by atoms with Crippen LogP contribution in [0.2, 0.25) is 0 Å². The van der Waals surface area contributed by atoms with E-state index >= 15 is 0 Å². The molecule has 518 valence electrons. The van der Waals surface area contributed by atoms with Crippen LogP contribution >= 0.6 is 11.8 Å². The SMILES string of the molecule is Cc1ccc(CCCC(=O)NCCCCCC(CNC(=O)CN2CCN(CC(=O)O)CCN(CC(=O)O)CCN(CC(=O)O)CC2)SC2CC(=O)N(CC(=O)N3CCN(CCCCOc4ccc5nccc(C(=O)NCC(=O)N6CC(F)(F)C[C@@H]6C#N)c5c4)CC3)C2=O)cc1. The number of benzene rings is 2. The summed E-state index contributed by atoms with van der Waals surface area (Å²) in [6, 6.07) is 15.2. The molecule has 4 aliphatic rings. The van der Waals surface area contributed by atoms with Crippen molar-refractivity contribution in [2.75, 3.05) is 151 Å². The molecule has 0 saturated carbocycles. The lowest BCUT2D eigenvalue weighted by Crippen LogP contribution is -2.52. The number of hydrogen-bond donors (Lipinski definition) is 6. The van der Waals surface area contributed by atoms with Crippen LogP contribution in [0.3, 0.4) is 0 Å². The van der Waals surface area contributed by atoms with Crippen LogP contribution in [0.4, 0.5) is 8.78 Å². The predicted octanol–water partition coefficient (Wildman–Crippen LogP) is 1.86. The Morgan fingerprint density at radius 3 is 1.95 bits per heavy atom. The van der Waals surface area contributed by atoms with Gasteiger partial charge in [-0.3, -0.25) is 82.3 Å². The summed E-state index contributed by atoms with van der Waals surface area (Å²) in [5.41, 5.74) is 3.03.